The van der Waals surface area contributed by atoms with Gasteiger partial charge < -0.3 is 12.5 Å². The van der Waals surface area contributed by atoms with E-state index < -0.39 is 14.0 Å². The molecule has 52 valence electrons. The summed E-state index contributed by atoms with van der Waals surface area (Å²) < 4.78 is 12.6. The maximum absolute atomic E-state index is 9.53. The van der Waals surface area contributed by atoms with E-state index >= 15 is 0 Å². The van der Waals surface area contributed by atoms with Crippen molar-refractivity contribution in [1.82, 2.24) is 0 Å². The van der Waals surface area contributed by atoms with Gasteiger partial charge in [0.2, 0.25) is 0 Å². The Morgan fingerprint density at radius 2 is 1.70 bits per heavy atom. The maximum Gasteiger partial charge on any atom is 1.00 e. The van der Waals surface area contributed by atoms with Crippen LogP contribution in [0.1, 0.15) is 2.85 Å². The molecule has 0 fully saturated rings. The molecule has 0 unspecified atom stereocenters. The maximum atomic E-state index is 9.53. The molecule has 0 aromatic heterocycles. The molecule has 0 heterocycles. The molecule has 3 N–H and O–H groups in total. The molecule has 0 radical (unpaired) electrons. The molecular weight excluding hydrogens is 153 g/mol. The number of hydrogen-bond acceptors (Lipinski definition) is 3. The van der Waals surface area contributed by atoms with Gasteiger partial charge in [0.25, 0.3) is 0 Å². The minimum Gasteiger partial charge on any atom is -1.00 e. The normalized spacial score (nSPS) is 8.60. The number of phosphoric ester groups is 1. The summed E-state index contributed by atoms with van der Waals surface area (Å²) in [5.74, 6) is 0. The molecule has 9 heteroatoms. The zero-order chi connectivity index (χ0) is 6.78. The zero-order valence-corrected chi connectivity index (χ0v) is 6.41. The first-order valence-electron chi connectivity index (χ1n) is 1.40. The Balaban J connectivity index is -0.0000000408. The van der Waals surface area contributed by atoms with Crippen LogP contribution in [0.15, 0.2) is 0 Å². The second kappa shape index (κ2) is 6.33. The minimum atomic E-state index is -4.82. The van der Waals surface area contributed by atoms with Crippen LogP contribution in [0, 0.1) is 0 Å². The van der Waals surface area contributed by atoms with Gasteiger partial charge in [-0.2, -0.15) is 0 Å². The summed E-state index contributed by atoms with van der Waals surface area (Å²) in [4.78, 5) is 24.7. The molecule has 0 bridgehead atoms. The first kappa shape index (κ1) is 16.9. The summed E-state index contributed by atoms with van der Waals surface area (Å²) in [6, 6.07) is 0. The monoisotopic (exact) mass is 158 g/mol. The second-order valence-corrected chi connectivity index (χ2v) is 2.01. The van der Waals surface area contributed by atoms with Gasteiger partial charge in [0.1, 0.15) is 0 Å². The molecule has 0 saturated carbocycles. The van der Waals surface area contributed by atoms with Gasteiger partial charge in [0.05, 0.1) is 0 Å². The van der Waals surface area contributed by atoms with Crippen molar-refractivity contribution in [2.45, 2.75) is 0 Å². The van der Waals surface area contributed by atoms with Crippen molar-refractivity contribution in [2.75, 3.05) is 0 Å². The summed E-state index contributed by atoms with van der Waals surface area (Å²) in [5.41, 5.74) is 0. The van der Waals surface area contributed by atoms with Crippen molar-refractivity contribution in [3.05, 3.63) is 0 Å². The summed E-state index contributed by atoms with van der Waals surface area (Å²) in [5, 5.41) is 7.53. The number of hydrogen-bond donors (Lipinski definition) is 3. The summed E-state index contributed by atoms with van der Waals surface area (Å²) >= 11 is 0. The van der Waals surface area contributed by atoms with E-state index in [0.717, 1.165) is 0 Å². The van der Waals surface area contributed by atoms with E-state index in [4.69, 9.17) is 14.9 Å². The van der Waals surface area contributed by atoms with Gasteiger partial charge in [-0.3, -0.25) is 9.79 Å². The van der Waals surface area contributed by atoms with E-state index in [1.54, 1.807) is 0 Å². The van der Waals surface area contributed by atoms with E-state index in [-0.39, 0.29) is 40.6 Å². The predicted molar refractivity (Wildman–Crippen MR) is 23.4 cm³/mol. The van der Waals surface area contributed by atoms with Gasteiger partial charge in [0.15, 0.2) is 0 Å². The fraction of sp³-hybridized carbons (Fsp3) is 0. The Morgan fingerprint density at radius 3 is 1.70 bits per heavy atom. The molecule has 0 atom stereocenters. The summed E-state index contributed by atoms with van der Waals surface area (Å²) in [7, 11) is -4.82. The number of rotatable bonds is 1. The molecular formula is CH5Li2O6P. The summed E-state index contributed by atoms with van der Waals surface area (Å²) in [6.45, 7) is 0. The van der Waals surface area contributed by atoms with E-state index in [1.807, 2.05) is 0 Å². The third-order valence-electron chi connectivity index (χ3n) is 0.197. The molecule has 0 aliphatic rings. The van der Waals surface area contributed by atoms with Crippen LogP contribution < -0.4 is 37.7 Å². The van der Waals surface area contributed by atoms with Gasteiger partial charge >= 0.3 is 51.7 Å². The van der Waals surface area contributed by atoms with Crippen molar-refractivity contribution in [1.29, 1.82) is 0 Å². The molecule has 10 heavy (non-hydrogen) atoms. The molecule has 0 aromatic carbocycles. The van der Waals surface area contributed by atoms with Crippen molar-refractivity contribution in [2.24, 2.45) is 0 Å². The van der Waals surface area contributed by atoms with Crippen LogP contribution in [0.3, 0.4) is 0 Å². The molecule has 0 spiro atoms. The Labute approximate surface area is 83.5 Å². The van der Waals surface area contributed by atoms with E-state index in [0.29, 0.717) is 0 Å². The molecule has 0 aliphatic carbocycles. The SMILES string of the molecule is O=C(O)OP(=O)(O)O.[H-].[H-].[Li+].[Li+]. The van der Waals surface area contributed by atoms with E-state index in [2.05, 4.69) is 4.52 Å². The first-order valence-corrected chi connectivity index (χ1v) is 2.93. The van der Waals surface area contributed by atoms with Gasteiger partial charge in [-0.25, -0.2) is 9.36 Å². The van der Waals surface area contributed by atoms with Crippen molar-refractivity contribution < 1.29 is 69.4 Å². The molecule has 0 aromatic rings. The second-order valence-electron chi connectivity index (χ2n) is 0.848. The quantitative estimate of drug-likeness (QED) is 0.259. The molecule has 0 aliphatic heterocycles. The van der Waals surface area contributed by atoms with Crippen molar-refractivity contribution in [3.63, 3.8) is 0 Å². The van der Waals surface area contributed by atoms with Gasteiger partial charge in [0, 0.05) is 0 Å². The molecule has 0 amide bonds. The largest absolute Gasteiger partial charge is 1.00 e. The number of carbonyl (C=O) groups is 1. The van der Waals surface area contributed by atoms with Crippen molar-refractivity contribution >= 4 is 14.0 Å². The summed E-state index contributed by atoms with van der Waals surface area (Å²) in [6.07, 6.45) is -1.99. The van der Waals surface area contributed by atoms with E-state index in [9.17, 15) is 9.36 Å². The van der Waals surface area contributed by atoms with E-state index in [1.165, 1.54) is 0 Å². The van der Waals surface area contributed by atoms with Gasteiger partial charge in [-0.05, 0) is 0 Å². The van der Waals surface area contributed by atoms with Crippen LogP contribution in [-0.4, -0.2) is 21.0 Å². The standard InChI is InChI=1S/CH3O6P.2Li.2H/c2-1(3)7-8(4,5)6;;;;/h(H,2,3)(H2,4,5,6);;;;/q;2*+1;2*-1. The third-order valence-corrected chi connectivity index (χ3v) is 0.591. The van der Waals surface area contributed by atoms with Crippen LogP contribution >= 0.6 is 7.82 Å². The Bertz CT molecular complexity index is 146. The van der Waals surface area contributed by atoms with Crippen LogP contribution in [-0.2, 0) is 9.09 Å². The van der Waals surface area contributed by atoms with Gasteiger partial charge in [-0.15, -0.1) is 0 Å². The first-order chi connectivity index (χ1) is 3.42. The topological polar surface area (TPSA) is 104 Å². The molecule has 0 saturated heterocycles. The fourth-order valence-electron chi connectivity index (χ4n) is 0.102. The van der Waals surface area contributed by atoms with Crippen LogP contribution in [0.4, 0.5) is 4.79 Å². The Kier molecular flexibility index (Phi) is 10.7. The van der Waals surface area contributed by atoms with Gasteiger partial charge in [-0.1, -0.05) is 0 Å². The average molecular weight is 158 g/mol. The van der Waals surface area contributed by atoms with Crippen LogP contribution in [0.5, 0.6) is 0 Å². The smallest absolute Gasteiger partial charge is 1.00 e. The number of carboxylic acid groups (broad SMARTS) is 1. The predicted octanol–water partition coefficient (Wildman–Crippen LogP) is -5.99. The molecule has 0 rings (SSSR count). The average Bonchev–Trinajstić information content (AvgIpc) is 1.21. The molecule has 6 nitrogen and oxygen atoms in total. The Morgan fingerprint density at radius 1 is 1.40 bits per heavy atom. The number of phosphoric acid groups is 1. The fourth-order valence-corrected chi connectivity index (χ4v) is 0.305. The van der Waals surface area contributed by atoms with Crippen LogP contribution in [0.25, 0.3) is 0 Å². The minimum absolute atomic E-state index is 0. The zero-order valence-electron chi connectivity index (χ0n) is 7.51. The van der Waals surface area contributed by atoms with Crippen LogP contribution in [0.2, 0.25) is 0 Å². The Hall–Kier alpha value is 0.615. The third kappa shape index (κ3) is 15.8. The van der Waals surface area contributed by atoms with Crippen molar-refractivity contribution in [3.8, 4) is 0 Å².